The maximum Gasteiger partial charge on any atom is 0.227 e. The maximum absolute atomic E-state index is 11.5. The second-order valence-electron chi connectivity index (χ2n) is 3.52. The van der Waals surface area contributed by atoms with Crippen molar-refractivity contribution in [1.29, 1.82) is 0 Å². The number of amides is 1. The zero-order valence-electron chi connectivity index (χ0n) is 8.42. The number of methoxy groups -OCH3 is 1. The van der Waals surface area contributed by atoms with Gasteiger partial charge in [-0.1, -0.05) is 11.6 Å². The van der Waals surface area contributed by atoms with Crippen molar-refractivity contribution < 1.29 is 9.53 Å². The van der Waals surface area contributed by atoms with Gasteiger partial charge in [0.05, 0.1) is 13.0 Å². The van der Waals surface area contributed by atoms with Crippen molar-refractivity contribution in [3.63, 3.8) is 0 Å². The van der Waals surface area contributed by atoms with E-state index in [1.165, 1.54) is 0 Å². The molecule has 1 atom stereocenters. The molecule has 1 fully saturated rings. The number of rotatable bonds is 2. The van der Waals surface area contributed by atoms with Crippen LogP contribution >= 0.6 is 11.6 Å². The van der Waals surface area contributed by atoms with E-state index in [0.29, 0.717) is 5.02 Å². The molecule has 0 aliphatic carbocycles. The minimum Gasteiger partial charge on any atom is -0.496 e. The second kappa shape index (κ2) is 4.11. The standard InChI is InChI=1S/C11H12ClNO2/c1-15-10-3-2-7(12)6-9(10)8-4-5-13-11(8)14/h2-3,6,8H,4-5H2,1H3,(H,13,14). The minimum atomic E-state index is -0.126. The Bertz CT molecular complexity index is 392. The van der Waals surface area contributed by atoms with Crippen LogP contribution in [0, 0.1) is 0 Å². The topological polar surface area (TPSA) is 38.3 Å². The molecule has 2 rings (SSSR count). The van der Waals surface area contributed by atoms with Gasteiger partial charge in [-0.2, -0.15) is 0 Å². The van der Waals surface area contributed by atoms with Crippen molar-refractivity contribution in [1.82, 2.24) is 5.32 Å². The molecule has 1 heterocycles. The van der Waals surface area contributed by atoms with Crippen LogP contribution in [-0.4, -0.2) is 19.6 Å². The van der Waals surface area contributed by atoms with Crippen LogP contribution in [0.1, 0.15) is 17.9 Å². The summed E-state index contributed by atoms with van der Waals surface area (Å²) in [5.74, 6) is 0.649. The molecule has 4 heteroatoms. The van der Waals surface area contributed by atoms with E-state index in [4.69, 9.17) is 16.3 Å². The molecule has 1 N–H and O–H groups in total. The third-order valence-corrected chi connectivity index (χ3v) is 2.85. The largest absolute Gasteiger partial charge is 0.496 e. The van der Waals surface area contributed by atoms with Crippen molar-refractivity contribution in [3.05, 3.63) is 28.8 Å². The maximum atomic E-state index is 11.5. The zero-order valence-corrected chi connectivity index (χ0v) is 9.17. The lowest BCUT2D eigenvalue weighted by molar-refractivity contribution is -0.120. The predicted molar refractivity (Wildman–Crippen MR) is 58.4 cm³/mol. The number of hydrogen-bond donors (Lipinski definition) is 1. The molecule has 1 saturated heterocycles. The van der Waals surface area contributed by atoms with Crippen molar-refractivity contribution in [3.8, 4) is 5.75 Å². The van der Waals surface area contributed by atoms with Crippen molar-refractivity contribution in [2.75, 3.05) is 13.7 Å². The van der Waals surface area contributed by atoms with Crippen LogP contribution in [0.3, 0.4) is 0 Å². The highest BCUT2D eigenvalue weighted by Crippen LogP contribution is 2.33. The van der Waals surface area contributed by atoms with E-state index >= 15 is 0 Å². The summed E-state index contributed by atoms with van der Waals surface area (Å²) in [5.41, 5.74) is 0.875. The summed E-state index contributed by atoms with van der Waals surface area (Å²) in [4.78, 5) is 11.5. The van der Waals surface area contributed by atoms with Gasteiger partial charge in [0.25, 0.3) is 0 Å². The van der Waals surface area contributed by atoms with E-state index in [0.717, 1.165) is 24.3 Å². The Morgan fingerprint density at radius 3 is 2.93 bits per heavy atom. The summed E-state index contributed by atoms with van der Waals surface area (Å²) < 4.78 is 5.22. The Kier molecular flexibility index (Phi) is 2.82. The van der Waals surface area contributed by atoms with Crippen LogP contribution in [0.2, 0.25) is 5.02 Å². The fourth-order valence-corrected chi connectivity index (χ4v) is 2.05. The van der Waals surface area contributed by atoms with Gasteiger partial charge in [-0.15, -0.1) is 0 Å². The normalized spacial score (nSPS) is 20.1. The Labute approximate surface area is 93.4 Å². The SMILES string of the molecule is COc1ccc(Cl)cc1C1CCNC1=O. The molecule has 3 nitrogen and oxygen atoms in total. The van der Waals surface area contributed by atoms with E-state index < -0.39 is 0 Å². The van der Waals surface area contributed by atoms with Gasteiger partial charge in [-0.05, 0) is 24.6 Å². The first kappa shape index (κ1) is 10.3. The lowest BCUT2D eigenvalue weighted by Crippen LogP contribution is -2.18. The lowest BCUT2D eigenvalue weighted by Gasteiger charge is -2.12. The van der Waals surface area contributed by atoms with Gasteiger partial charge in [-0.25, -0.2) is 0 Å². The molecule has 0 aromatic heterocycles. The summed E-state index contributed by atoms with van der Waals surface area (Å²) in [5, 5.41) is 3.43. The molecule has 1 amide bonds. The number of benzene rings is 1. The van der Waals surface area contributed by atoms with Crippen molar-refractivity contribution in [2.24, 2.45) is 0 Å². The molecule has 1 aliphatic rings. The number of carbonyl (C=O) groups is 1. The van der Waals surface area contributed by atoms with Crippen molar-refractivity contribution >= 4 is 17.5 Å². The third-order valence-electron chi connectivity index (χ3n) is 2.62. The van der Waals surface area contributed by atoms with Crippen LogP contribution in [0.15, 0.2) is 18.2 Å². The van der Waals surface area contributed by atoms with Crippen LogP contribution in [0.4, 0.5) is 0 Å². The van der Waals surface area contributed by atoms with Crippen LogP contribution in [0.25, 0.3) is 0 Å². The van der Waals surface area contributed by atoms with E-state index in [2.05, 4.69) is 5.32 Å². The van der Waals surface area contributed by atoms with E-state index in [9.17, 15) is 4.79 Å². The molecule has 0 bridgehead atoms. The second-order valence-corrected chi connectivity index (χ2v) is 3.95. The molecule has 1 unspecified atom stereocenters. The highest BCUT2D eigenvalue weighted by Gasteiger charge is 2.28. The van der Waals surface area contributed by atoms with E-state index in [1.807, 2.05) is 0 Å². The minimum absolute atomic E-state index is 0.0515. The lowest BCUT2D eigenvalue weighted by atomic mass is 9.97. The summed E-state index contributed by atoms with van der Waals surface area (Å²) in [7, 11) is 1.60. The highest BCUT2D eigenvalue weighted by atomic mass is 35.5. The first-order chi connectivity index (χ1) is 7.22. The average Bonchev–Trinajstić information content (AvgIpc) is 2.64. The molecule has 1 aromatic carbocycles. The molecular weight excluding hydrogens is 214 g/mol. The first-order valence-electron chi connectivity index (χ1n) is 4.83. The Morgan fingerprint density at radius 2 is 2.33 bits per heavy atom. The van der Waals surface area contributed by atoms with Gasteiger partial charge in [0.15, 0.2) is 0 Å². The number of hydrogen-bond acceptors (Lipinski definition) is 2. The Morgan fingerprint density at radius 1 is 1.53 bits per heavy atom. The molecular formula is C11H12ClNO2. The van der Waals surface area contributed by atoms with Gasteiger partial charge in [0.1, 0.15) is 5.75 Å². The molecule has 1 aromatic rings. The first-order valence-corrected chi connectivity index (χ1v) is 5.21. The average molecular weight is 226 g/mol. The van der Waals surface area contributed by atoms with Gasteiger partial charge < -0.3 is 10.1 Å². The fourth-order valence-electron chi connectivity index (χ4n) is 1.87. The summed E-state index contributed by atoms with van der Waals surface area (Å²) in [6.45, 7) is 0.721. The molecule has 0 radical (unpaired) electrons. The van der Waals surface area contributed by atoms with Gasteiger partial charge in [0, 0.05) is 17.1 Å². The summed E-state index contributed by atoms with van der Waals surface area (Å²) in [6.07, 6.45) is 0.801. The van der Waals surface area contributed by atoms with E-state index in [1.54, 1.807) is 25.3 Å². The highest BCUT2D eigenvalue weighted by molar-refractivity contribution is 6.30. The van der Waals surface area contributed by atoms with Crippen molar-refractivity contribution in [2.45, 2.75) is 12.3 Å². The molecule has 80 valence electrons. The van der Waals surface area contributed by atoms with Gasteiger partial charge >= 0.3 is 0 Å². The molecule has 1 aliphatic heterocycles. The number of carbonyl (C=O) groups excluding carboxylic acids is 1. The number of nitrogens with one attached hydrogen (secondary N) is 1. The third kappa shape index (κ3) is 1.92. The quantitative estimate of drug-likeness (QED) is 0.836. The Balaban J connectivity index is 2.40. The van der Waals surface area contributed by atoms with Crippen LogP contribution < -0.4 is 10.1 Å². The predicted octanol–water partition coefficient (Wildman–Crippen LogP) is 1.95. The molecule has 15 heavy (non-hydrogen) atoms. The van der Waals surface area contributed by atoms with E-state index in [-0.39, 0.29) is 11.8 Å². The summed E-state index contributed by atoms with van der Waals surface area (Å²) >= 11 is 5.91. The smallest absolute Gasteiger partial charge is 0.227 e. The number of ether oxygens (including phenoxy) is 1. The zero-order chi connectivity index (χ0) is 10.8. The number of halogens is 1. The van der Waals surface area contributed by atoms with Crippen LogP contribution in [-0.2, 0) is 4.79 Å². The van der Waals surface area contributed by atoms with Crippen LogP contribution in [0.5, 0.6) is 5.75 Å². The molecule has 0 spiro atoms. The Hall–Kier alpha value is -1.22. The monoisotopic (exact) mass is 225 g/mol. The summed E-state index contributed by atoms with van der Waals surface area (Å²) in [6, 6.07) is 5.36. The van der Waals surface area contributed by atoms with Gasteiger partial charge in [-0.3, -0.25) is 4.79 Å². The molecule has 0 saturated carbocycles. The fraction of sp³-hybridized carbons (Fsp3) is 0.364. The van der Waals surface area contributed by atoms with Gasteiger partial charge in [0.2, 0.25) is 5.91 Å².